The fraction of sp³-hybridized carbons (Fsp3) is 0.217. The Kier molecular flexibility index (Phi) is 5.73. The van der Waals surface area contributed by atoms with Crippen molar-refractivity contribution in [3.63, 3.8) is 0 Å². The third kappa shape index (κ3) is 5.44. The van der Waals surface area contributed by atoms with Crippen molar-refractivity contribution >= 4 is 11.6 Å². The Balaban J connectivity index is 1.93. The number of amides is 1. The van der Waals surface area contributed by atoms with Gasteiger partial charge in [0, 0.05) is 17.1 Å². The van der Waals surface area contributed by atoms with Crippen LogP contribution in [0.5, 0.6) is 0 Å². The first-order chi connectivity index (χ1) is 13.6. The maximum atomic E-state index is 13.4. The smallest absolute Gasteiger partial charge is 0.326 e. The van der Waals surface area contributed by atoms with Crippen LogP contribution < -0.4 is 5.32 Å². The van der Waals surface area contributed by atoms with Gasteiger partial charge in [-0.15, -0.1) is 0 Å². The molecule has 0 bridgehead atoms. The molecule has 1 N–H and O–H groups in total. The number of halogens is 3. The zero-order valence-electron chi connectivity index (χ0n) is 16.4. The maximum absolute atomic E-state index is 13.4. The number of anilines is 1. The minimum absolute atomic E-state index is 0.0827. The summed E-state index contributed by atoms with van der Waals surface area (Å²) in [5.74, 6) is -0.374. The largest absolute Gasteiger partial charge is 0.416 e. The summed E-state index contributed by atoms with van der Waals surface area (Å²) in [4.78, 5) is 16.6. The van der Waals surface area contributed by atoms with Gasteiger partial charge < -0.3 is 5.32 Å². The molecular weight excluding hydrogens is 377 g/mol. The van der Waals surface area contributed by atoms with Gasteiger partial charge in [-0.1, -0.05) is 29.8 Å². The topological polar surface area (TPSA) is 42.0 Å². The van der Waals surface area contributed by atoms with E-state index < -0.39 is 11.7 Å². The highest BCUT2D eigenvalue weighted by Crippen LogP contribution is 2.35. The number of benzene rings is 2. The van der Waals surface area contributed by atoms with Crippen LogP contribution in [0.25, 0.3) is 11.1 Å². The quantitative estimate of drug-likeness (QED) is 0.597. The van der Waals surface area contributed by atoms with Gasteiger partial charge in [0.15, 0.2) is 0 Å². The molecule has 6 heteroatoms. The number of carbonyl (C=O) groups is 1. The van der Waals surface area contributed by atoms with E-state index in [4.69, 9.17) is 0 Å². The molecule has 0 saturated carbocycles. The molecule has 0 fully saturated rings. The van der Waals surface area contributed by atoms with Gasteiger partial charge in [0.25, 0.3) is 0 Å². The normalized spacial score (nSPS) is 11.4. The van der Waals surface area contributed by atoms with Crippen LogP contribution in [-0.4, -0.2) is 10.9 Å². The van der Waals surface area contributed by atoms with E-state index in [0.717, 1.165) is 23.3 Å². The van der Waals surface area contributed by atoms with Crippen molar-refractivity contribution in [3.05, 3.63) is 82.7 Å². The lowest BCUT2D eigenvalue weighted by Crippen LogP contribution is -2.15. The van der Waals surface area contributed by atoms with Crippen LogP contribution >= 0.6 is 0 Å². The van der Waals surface area contributed by atoms with Crippen LogP contribution in [-0.2, 0) is 17.4 Å². The number of aryl methyl sites for hydroxylation is 3. The molecule has 3 aromatic rings. The van der Waals surface area contributed by atoms with Gasteiger partial charge in [-0.25, -0.2) is 0 Å². The van der Waals surface area contributed by atoms with Gasteiger partial charge in [-0.05, 0) is 67.8 Å². The lowest BCUT2D eigenvalue weighted by Gasteiger charge is -2.14. The Morgan fingerprint density at radius 1 is 0.897 bits per heavy atom. The van der Waals surface area contributed by atoms with Crippen molar-refractivity contribution < 1.29 is 18.0 Å². The molecule has 0 atom stereocenters. The molecule has 1 amide bonds. The molecular formula is C23H21F3N2O. The number of carbonyl (C=O) groups excluding carboxylic acids is 1. The standard InChI is InChI=1S/C23H21F3N2O/c1-14-4-6-17(7-5-14)10-22(29)28-21-12-19(11-20(13-21)23(24,25)26)18-8-15(2)27-16(3)9-18/h4-9,11-13H,10H2,1-3H3,(H,28,29). The van der Waals surface area contributed by atoms with E-state index in [1.54, 1.807) is 32.0 Å². The molecule has 0 saturated heterocycles. The van der Waals surface area contributed by atoms with Crippen molar-refractivity contribution in [2.75, 3.05) is 5.32 Å². The Labute approximate surface area is 167 Å². The van der Waals surface area contributed by atoms with Crippen LogP contribution in [0.4, 0.5) is 18.9 Å². The van der Waals surface area contributed by atoms with Crippen LogP contribution in [0.3, 0.4) is 0 Å². The number of rotatable bonds is 4. The van der Waals surface area contributed by atoms with Crippen LogP contribution in [0, 0.1) is 20.8 Å². The zero-order chi connectivity index (χ0) is 21.2. The molecule has 0 radical (unpaired) electrons. The molecule has 1 heterocycles. The summed E-state index contributed by atoms with van der Waals surface area (Å²) in [5.41, 5.74) is 3.58. The summed E-state index contributed by atoms with van der Waals surface area (Å²) >= 11 is 0. The number of nitrogens with one attached hydrogen (secondary N) is 1. The molecule has 0 spiro atoms. The molecule has 0 aliphatic carbocycles. The molecule has 0 aliphatic heterocycles. The average Bonchev–Trinajstić information content (AvgIpc) is 2.62. The predicted molar refractivity (Wildman–Crippen MR) is 108 cm³/mol. The van der Waals surface area contributed by atoms with Crippen LogP contribution in [0.2, 0.25) is 0 Å². The molecule has 0 unspecified atom stereocenters. The van der Waals surface area contributed by atoms with Crippen molar-refractivity contribution in [3.8, 4) is 11.1 Å². The van der Waals surface area contributed by atoms with Crippen LogP contribution in [0.15, 0.2) is 54.6 Å². The van der Waals surface area contributed by atoms with Gasteiger partial charge in [0.1, 0.15) is 0 Å². The highest BCUT2D eigenvalue weighted by Gasteiger charge is 2.31. The second-order valence-corrected chi connectivity index (χ2v) is 7.15. The SMILES string of the molecule is Cc1ccc(CC(=O)Nc2cc(-c3cc(C)nc(C)c3)cc(C(F)(F)F)c2)cc1. The minimum Gasteiger partial charge on any atom is -0.326 e. The molecule has 3 rings (SSSR count). The first-order valence-electron chi connectivity index (χ1n) is 9.13. The first-order valence-corrected chi connectivity index (χ1v) is 9.13. The van der Waals surface area contributed by atoms with Crippen molar-refractivity contribution in [2.45, 2.75) is 33.4 Å². The lowest BCUT2D eigenvalue weighted by molar-refractivity contribution is -0.137. The predicted octanol–water partition coefficient (Wildman–Crippen LogP) is 5.87. The van der Waals surface area contributed by atoms with E-state index in [0.29, 0.717) is 22.5 Å². The maximum Gasteiger partial charge on any atom is 0.416 e. The molecule has 3 nitrogen and oxygen atoms in total. The summed E-state index contributed by atoms with van der Waals surface area (Å²) in [6, 6.07) is 14.5. The van der Waals surface area contributed by atoms with Crippen LogP contribution in [0.1, 0.15) is 28.1 Å². The molecule has 150 valence electrons. The number of aromatic nitrogens is 1. The Hall–Kier alpha value is -3.15. The van der Waals surface area contributed by atoms with E-state index in [-0.39, 0.29) is 18.0 Å². The number of pyridine rings is 1. The van der Waals surface area contributed by atoms with E-state index in [9.17, 15) is 18.0 Å². The van der Waals surface area contributed by atoms with Gasteiger partial charge >= 0.3 is 6.18 Å². The minimum atomic E-state index is -4.52. The summed E-state index contributed by atoms with van der Waals surface area (Å²) in [6.45, 7) is 5.51. The Bertz CT molecular complexity index is 1020. The van der Waals surface area contributed by atoms with Crippen molar-refractivity contribution in [1.29, 1.82) is 0 Å². The first kappa shape index (κ1) is 20.6. The van der Waals surface area contributed by atoms with E-state index >= 15 is 0 Å². The second-order valence-electron chi connectivity index (χ2n) is 7.15. The van der Waals surface area contributed by atoms with Gasteiger partial charge in [-0.3, -0.25) is 9.78 Å². The monoisotopic (exact) mass is 398 g/mol. The van der Waals surface area contributed by atoms with Gasteiger partial charge in [-0.2, -0.15) is 13.2 Å². The highest BCUT2D eigenvalue weighted by atomic mass is 19.4. The van der Waals surface area contributed by atoms with Crippen molar-refractivity contribution in [1.82, 2.24) is 4.98 Å². The van der Waals surface area contributed by atoms with Gasteiger partial charge in [0.05, 0.1) is 12.0 Å². The van der Waals surface area contributed by atoms with E-state index in [2.05, 4.69) is 10.3 Å². The molecule has 0 aliphatic rings. The lowest BCUT2D eigenvalue weighted by atomic mass is 10.0. The highest BCUT2D eigenvalue weighted by molar-refractivity contribution is 5.93. The van der Waals surface area contributed by atoms with Gasteiger partial charge in [0.2, 0.25) is 5.91 Å². The number of alkyl halides is 3. The molecule has 2 aromatic carbocycles. The summed E-state index contributed by atoms with van der Waals surface area (Å²) in [6.07, 6.45) is -4.44. The van der Waals surface area contributed by atoms with E-state index in [1.807, 2.05) is 31.2 Å². The Morgan fingerprint density at radius 2 is 1.48 bits per heavy atom. The fourth-order valence-corrected chi connectivity index (χ4v) is 3.13. The summed E-state index contributed by atoms with van der Waals surface area (Å²) in [5, 5.41) is 2.60. The third-order valence-corrected chi connectivity index (χ3v) is 4.44. The second kappa shape index (κ2) is 8.07. The summed E-state index contributed by atoms with van der Waals surface area (Å²) in [7, 11) is 0. The van der Waals surface area contributed by atoms with Crippen molar-refractivity contribution in [2.24, 2.45) is 0 Å². The zero-order valence-corrected chi connectivity index (χ0v) is 16.4. The molecule has 29 heavy (non-hydrogen) atoms. The third-order valence-electron chi connectivity index (χ3n) is 4.44. The number of nitrogens with zero attached hydrogens (tertiary/aromatic N) is 1. The van der Waals surface area contributed by atoms with E-state index in [1.165, 1.54) is 0 Å². The fourth-order valence-electron chi connectivity index (χ4n) is 3.13. The molecule has 1 aromatic heterocycles. The number of hydrogen-bond acceptors (Lipinski definition) is 2. The Morgan fingerprint density at radius 3 is 2.07 bits per heavy atom. The average molecular weight is 398 g/mol. The number of hydrogen-bond donors (Lipinski definition) is 1. The summed E-state index contributed by atoms with van der Waals surface area (Å²) < 4.78 is 40.3.